The normalized spacial score (nSPS) is 14.7. The standard InChI is InChI=1S/C26H19F4N5O2.C2HF3O2/c1-34-12-18(10-33-34)17-8-21-25(31-9-17)35(14-32-21)11-15-6-20(27)24-22(7-15)36-13-23(37-24)16-2-4-19(5-3-16)26(28,29)30;3-2(4,5)1(6)7/h2-10,12,14,23H,11,13H2,1H3;(H,6,7). The summed E-state index contributed by atoms with van der Waals surface area (Å²) in [4.78, 5) is 17.9. The highest BCUT2D eigenvalue weighted by molar-refractivity contribution is 5.78. The molecule has 1 aliphatic heterocycles. The number of halogens is 7. The van der Waals surface area contributed by atoms with Crippen LogP contribution in [0.1, 0.15) is 22.8 Å². The molecular formula is C28H20F7N5O4. The number of hydrogen-bond donors (Lipinski definition) is 1. The van der Waals surface area contributed by atoms with Crippen LogP contribution < -0.4 is 9.47 Å². The third-order valence-electron chi connectivity index (χ3n) is 6.42. The molecule has 1 atom stereocenters. The van der Waals surface area contributed by atoms with E-state index in [1.54, 1.807) is 34.0 Å². The van der Waals surface area contributed by atoms with Gasteiger partial charge in [0.15, 0.2) is 29.1 Å². The minimum Gasteiger partial charge on any atom is -0.485 e. The summed E-state index contributed by atoms with van der Waals surface area (Å²) in [6.07, 6.45) is -3.23. The molecule has 1 aliphatic rings. The van der Waals surface area contributed by atoms with Crippen LogP contribution in [0.4, 0.5) is 30.7 Å². The number of alkyl halides is 6. The molecule has 4 heterocycles. The molecule has 3 aromatic heterocycles. The maximum atomic E-state index is 15.0. The van der Waals surface area contributed by atoms with Crippen LogP contribution in [-0.4, -0.2) is 48.2 Å². The van der Waals surface area contributed by atoms with Crippen LogP contribution in [0.25, 0.3) is 22.3 Å². The Kier molecular flexibility index (Phi) is 7.92. The Morgan fingerprint density at radius 3 is 2.34 bits per heavy atom. The van der Waals surface area contributed by atoms with Crippen LogP contribution in [0.3, 0.4) is 0 Å². The summed E-state index contributed by atoms with van der Waals surface area (Å²) in [5.41, 5.74) is 3.46. The van der Waals surface area contributed by atoms with Gasteiger partial charge >= 0.3 is 18.3 Å². The van der Waals surface area contributed by atoms with Gasteiger partial charge < -0.3 is 19.1 Å². The van der Waals surface area contributed by atoms with Gasteiger partial charge in [-0.25, -0.2) is 19.2 Å². The Morgan fingerprint density at radius 1 is 1.02 bits per heavy atom. The molecule has 2 aromatic carbocycles. The zero-order valence-electron chi connectivity index (χ0n) is 22.4. The summed E-state index contributed by atoms with van der Waals surface area (Å²) in [6, 6.07) is 9.50. The average Bonchev–Trinajstić information content (AvgIpc) is 3.58. The van der Waals surface area contributed by atoms with E-state index < -0.39 is 35.8 Å². The predicted octanol–water partition coefficient (Wildman–Crippen LogP) is 6.18. The van der Waals surface area contributed by atoms with E-state index in [1.807, 2.05) is 19.3 Å². The Balaban J connectivity index is 0.000000493. The van der Waals surface area contributed by atoms with Crippen molar-refractivity contribution in [2.45, 2.75) is 25.0 Å². The van der Waals surface area contributed by atoms with E-state index in [4.69, 9.17) is 19.4 Å². The lowest BCUT2D eigenvalue weighted by atomic mass is 10.1. The van der Waals surface area contributed by atoms with E-state index in [0.717, 1.165) is 23.3 Å². The largest absolute Gasteiger partial charge is 0.490 e. The van der Waals surface area contributed by atoms with Crippen LogP contribution in [0.2, 0.25) is 0 Å². The van der Waals surface area contributed by atoms with Crippen molar-refractivity contribution in [1.82, 2.24) is 24.3 Å². The first-order chi connectivity index (χ1) is 20.7. The fraction of sp³-hybridized carbons (Fsp3) is 0.214. The monoisotopic (exact) mass is 623 g/mol. The molecule has 0 aliphatic carbocycles. The average molecular weight is 623 g/mol. The second-order valence-corrected chi connectivity index (χ2v) is 9.59. The number of carboxylic acid groups (broad SMARTS) is 1. The molecule has 44 heavy (non-hydrogen) atoms. The van der Waals surface area contributed by atoms with Crippen molar-refractivity contribution in [3.8, 4) is 22.6 Å². The molecule has 0 radical (unpaired) electrons. The quantitative estimate of drug-likeness (QED) is 0.239. The topological polar surface area (TPSA) is 104 Å². The lowest BCUT2D eigenvalue weighted by molar-refractivity contribution is -0.192. The molecule has 6 rings (SSSR count). The van der Waals surface area contributed by atoms with Crippen molar-refractivity contribution in [1.29, 1.82) is 0 Å². The summed E-state index contributed by atoms with van der Waals surface area (Å²) in [7, 11) is 1.84. The number of pyridine rings is 1. The number of aliphatic carboxylic acids is 1. The van der Waals surface area contributed by atoms with Gasteiger partial charge in [0.05, 0.1) is 24.6 Å². The second-order valence-electron chi connectivity index (χ2n) is 9.59. The molecule has 0 saturated carbocycles. The summed E-state index contributed by atoms with van der Waals surface area (Å²) in [5, 5.41) is 11.3. The number of carboxylic acids is 1. The Hall–Kier alpha value is -5.15. The summed E-state index contributed by atoms with van der Waals surface area (Å²) in [5.74, 6) is -3.23. The van der Waals surface area contributed by atoms with Gasteiger partial charge in [-0.3, -0.25) is 4.68 Å². The van der Waals surface area contributed by atoms with Crippen molar-refractivity contribution in [3.63, 3.8) is 0 Å². The molecule has 0 spiro atoms. The van der Waals surface area contributed by atoms with Gasteiger partial charge in [-0.15, -0.1) is 0 Å². The third-order valence-corrected chi connectivity index (χ3v) is 6.42. The van der Waals surface area contributed by atoms with Gasteiger partial charge in [-0.1, -0.05) is 12.1 Å². The highest BCUT2D eigenvalue weighted by atomic mass is 19.4. The maximum absolute atomic E-state index is 15.0. The van der Waals surface area contributed by atoms with Crippen LogP contribution in [0.5, 0.6) is 11.5 Å². The van der Waals surface area contributed by atoms with Crippen molar-refractivity contribution in [2.24, 2.45) is 7.05 Å². The Bertz CT molecular complexity index is 1810. The summed E-state index contributed by atoms with van der Waals surface area (Å²) in [6.45, 7) is 0.333. The Morgan fingerprint density at radius 2 is 1.73 bits per heavy atom. The SMILES string of the molecule is Cn1cc(-c2cnc3c(c2)ncn3Cc2cc(F)c3c(c2)OCC(c2ccc(C(F)(F)F)cc2)O3)cn1.O=C(O)C(F)(F)F. The van der Waals surface area contributed by atoms with Gasteiger partial charge in [-0.05, 0) is 41.5 Å². The zero-order chi connectivity index (χ0) is 31.8. The lowest BCUT2D eigenvalue weighted by Crippen LogP contribution is -2.22. The number of benzene rings is 2. The number of ether oxygens (including phenoxy) is 2. The van der Waals surface area contributed by atoms with Gasteiger partial charge in [-0.2, -0.15) is 31.4 Å². The van der Waals surface area contributed by atoms with Crippen LogP contribution >= 0.6 is 0 Å². The molecule has 0 saturated heterocycles. The number of nitrogens with zero attached hydrogens (tertiary/aromatic N) is 5. The van der Waals surface area contributed by atoms with E-state index in [0.29, 0.717) is 28.8 Å². The molecule has 0 bridgehead atoms. The highest BCUT2D eigenvalue weighted by Crippen LogP contribution is 2.40. The minimum absolute atomic E-state index is 0.0357. The molecule has 0 amide bonds. The molecule has 230 valence electrons. The van der Waals surface area contributed by atoms with E-state index in [9.17, 15) is 26.3 Å². The van der Waals surface area contributed by atoms with Gasteiger partial charge in [0.1, 0.15) is 12.1 Å². The molecule has 0 fully saturated rings. The highest BCUT2D eigenvalue weighted by Gasteiger charge is 2.38. The zero-order valence-corrected chi connectivity index (χ0v) is 22.4. The first-order valence-electron chi connectivity index (χ1n) is 12.6. The summed E-state index contributed by atoms with van der Waals surface area (Å²) < 4.78 is 100. The first-order valence-corrected chi connectivity index (χ1v) is 12.6. The van der Waals surface area contributed by atoms with Crippen molar-refractivity contribution >= 4 is 17.1 Å². The number of aromatic nitrogens is 5. The number of imidazole rings is 1. The smallest absolute Gasteiger partial charge is 0.485 e. The fourth-order valence-electron chi connectivity index (χ4n) is 4.32. The summed E-state index contributed by atoms with van der Waals surface area (Å²) >= 11 is 0. The van der Waals surface area contributed by atoms with Gasteiger partial charge in [0, 0.05) is 30.6 Å². The van der Waals surface area contributed by atoms with E-state index >= 15 is 4.39 Å². The number of fused-ring (bicyclic) bond motifs is 2. The Labute approximate surface area is 243 Å². The minimum atomic E-state index is -5.08. The molecule has 16 heteroatoms. The van der Waals surface area contributed by atoms with E-state index in [2.05, 4.69) is 15.1 Å². The molecule has 9 nitrogen and oxygen atoms in total. The lowest BCUT2D eigenvalue weighted by Gasteiger charge is -2.27. The number of aryl methyl sites for hydroxylation is 1. The fourth-order valence-corrected chi connectivity index (χ4v) is 4.32. The maximum Gasteiger partial charge on any atom is 0.490 e. The van der Waals surface area contributed by atoms with Crippen molar-refractivity contribution in [2.75, 3.05) is 6.61 Å². The van der Waals surface area contributed by atoms with E-state index in [-0.39, 0.29) is 18.1 Å². The molecule has 1 N–H and O–H groups in total. The third kappa shape index (κ3) is 6.58. The molecule has 5 aromatic rings. The second kappa shape index (κ2) is 11.5. The number of rotatable bonds is 4. The molecular weight excluding hydrogens is 603 g/mol. The van der Waals surface area contributed by atoms with Gasteiger partial charge in [0.2, 0.25) is 0 Å². The van der Waals surface area contributed by atoms with Crippen molar-refractivity contribution < 1.29 is 50.1 Å². The van der Waals surface area contributed by atoms with Crippen LogP contribution in [-0.2, 0) is 24.6 Å². The first kappa shape index (κ1) is 30.3. The van der Waals surface area contributed by atoms with Crippen LogP contribution in [0, 0.1) is 5.82 Å². The number of hydrogen-bond acceptors (Lipinski definition) is 6. The predicted molar refractivity (Wildman–Crippen MR) is 139 cm³/mol. The van der Waals surface area contributed by atoms with E-state index in [1.165, 1.54) is 18.2 Å². The van der Waals surface area contributed by atoms with Gasteiger partial charge in [0.25, 0.3) is 0 Å². The molecule has 1 unspecified atom stereocenters. The van der Waals surface area contributed by atoms with Crippen LogP contribution in [0.15, 0.2) is 67.4 Å². The van der Waals surface area contributed by atoms with Crippen molar-refractivity contribution in [3.05, 3.63) is 89.9 Å². The number of carbonyl (C=O) groups is 1.